The third kappa shape index (κ3) is 3.30. The van der Waals surface area contributed by atoms with Gasteiger partial charge in [0.05, 0.1) is 0 Å². The van der Waals surface area contributed by atoms with Crippen LogP contribution in [0.4, 0.5) is 0 Å². The summed E-state index contributed by atoms with van der Waals surface area (Å²) in [5, 5.41) is 16.6. The van der Waals surface area contributed by atoms with Crippen LogP contribution in [0.25, 0.3) is 11.4 Å². The number of rotatable bonds is 5. The lowest BCUT2D eigenvalue weighted by molar-refractivity contribution is 0.374. The molecule has 5 nitrogen and oxygen atoms in total. The summed E-state index contributed by atoms with van der Waals surface area (Å²) in [6, 6.07) is 7.25. The van der Waals surface area contributed by atoms with Crippen molar-refractivity contribution in [1.29, 1.82) is 0 Å². The molecule has 0 fully saturated rings. The fourth-order valence-corrected chi connectivity index (χ4v) is 1.59. The van der Waals surface area contributed by atoms with Gasteiger partial charge >= 0.3 is 0 Å². The van der Waals surface area contributed by atoms with Crippen LogP contribution in [-0.2, 0) is 6.42 Å². The molecule has 0 saturated heterocycles. The van der Waals surface area contributed by atoms with E-state index >= 15 is 0 Å². The van der Waals surface area contributed by atoms with Gasteiger partial charge in [-0.25, -0.2) is 0 Å². The Morgan fingerprint density at radius 3 is 2.94 bits per heavy atom. The summed E-state index contributed by atoms with van der Waals surface area (Å²) < 4.78 is 5.16. The van der Waals surface area contributed by atoms with Gasteiger partial charge in [0.25, 0.3) is 0 Å². The van der Waals surface area contributed by atoms with E-state index in [9.17, 15) is 5.11 Å². The normalized spacial score (nSPS) is 11.1. The predicted molar refractivity (Wildman–Crippen MR) is 68.2 cm³/mol. The Bertz CT molecular complexity index is 508. The van der Waals surface area contributed by atoms with Crippen molar-refractivity contribution in [3.05, 3.63) is 30.2 Å². The Balaban J connectivity index is 2.02. The highest BCUT2D eigenvalue weighted by atomic mass is 16.5. The van der Waals surface area contributed by atoms with Crippen LogP contribution in [0.15, 0.2) is 28.8 Å². The number of aromatic nitrogens is 2. The number of benzene rings is 1. The number of aromatic hydroxyl groups is 1. The minimum atomic E-state index is 0.195. The number of phenols is 1. The summed E-state index contributed by atoms with van der Waals surface area (Å²) in [5.41, 5.74) is 0.752. The van der Waals surface area contributed by atoms with E-state index in [1.807, 2.05) is 6.07 Å². The van der Waals surface area contributed by atoms with Crippen LogP contribution in [-0.4, -0.2) is 27.8 Å². The van der Waals surface area contributed by atoms with Crippen molar-refractivity contribution < 1.29 is 9.63 Å². The van der Waals surface area contributed by atoms with Crippen molar-refractivity contribution in [3.63, 3.8) is 0 Å². The first kappa shape index (κ1) is 12.6. The summed E-state index contributed by atoms with van der Waals surface area (Å²) in [6.07, 6.45) is 0.698. The molecular weight excluding hydrogens is 230 g/mol. The van der Waals surface area contributed by atoms with E-state index in [0.29, 0.717) is 24.2 Å². The average Bonchev–Trinajstić information content (AvgIpc) is 2.77. The zero-order chi connectivity index (χ0) is 13.0. The molecule has 96 valence electrons. The van der Waals surface area contributed by atoms with Crippen LogP contribution in [0.1, 0.15) is 19.7 Å². The van der Waals surface area contributed by atoms with Gasteiger partial charge in [-0.2, -0.15) is 4.98 Å². The second kappa shape index (κ2) is 5.64. The number of nitrogens with one attached hydrogen (secondary N) is 1. The molecule has 0 aliphatic heterocycles. The van der Waals surface area contributed by atoms with Crippen LogP contribution in [0, 0.1) is 0 Å². The summed E-state index contributed by atoms with van der Waals surface area (Å²) in [5.74, 6) is 1.30. The minimum absolute atomic E-state index is 0.195. The monoisotopic (exact) mass is 247 g/mol. The van der Waals surface area contributed by atoms with Gasteiger partial charge < -0.3 is 14.9 Å². The van der Waals surface area contributed by atoms with Gasteiger partial charge in [-0.05, 0) is 12.1 Å². The molecule has 2 N–H and O–H groups in total. The van der Waals surface area contributed by atoms with E-state index in [2.05, 4.69) is 29.3 Å². The van der Waals surface area contributed by atoms with Crippen molar-refractivity contribution in [2.24, 2.45) is 0 Å². The molecule has 18 heavy (non-hydrogen) atoms. The molecule has 2 aromatic rings. The first-order valence-corrected chi connectivity index (χ1v) is 6.00. The maximum absolute atomic E-state index is 9.39. The van der Waals surface area contributed by atoms with Gasteiger partial charge in [0, 0.05) is 24.6 Å². The first-order valence-electron chi connectivity index (χ1n) is 6.00. The smallest absolute Gasteiger partial charge is 0.228 e. The fourth-order valence-electron chi connectivity index (χ4n) is 1.59. The van der Waals surface area contributed by atoms with Crippen molar-refractivity contribution in [1.82, 2.24) is 15.5 Å². The fraction of sp³-hybridized carbons (Fsp3) is 0.385. The predicted octanol–water partition coefficient (Wildman–Crippen LogP) is 1.98. The lowest BCUT2D eigenvalue weighted by atomic mass is 10.2. The van der Waals surface area contributed by atoms with E-state index in [1.165, 1.54) is 0 Å². The molecule has 0 radical (unpaired) electrons. The van der Waals surface area contributed by atoms with Crippen molar-refractivity contribution in [2.75, 3.05) is 6.54 Å². The van der Waals surface area contributed by atoms with Gasteiger partial charge in [-0.3, -0.25) is 0 Å². The van der Waals surface area contributed by atoms with E-state index in [1.54, 1.807) is 18.2 Å². The van der Waals surface area contributed by atoms with Gasteiger partial charge in [-0.1, -0.05) is 31.1 Å². The lowest BCUT2D eigenvalue weighted by Gasteiger charge is -2.04. The second-order valence-electron chi connectivity index (χ2n) is 4.42. The number of hydrogen-bond acceptors (Lipinski definition) is 5. The molecule has 0 bridgehead atoms. The molecule has 0 amide bonds. The topological polar surface area (TPSA) is 71.2 Å². The van der Waals surface area contributed by atoms with Gasteiger partial charge in [0.1, 0.15) is 5.75 Å². The van der Waals surface area contributed by atoms with Crippen LogP contribution in [0.5, 0.6) is 5.75 Å². The highest BCUT2D eigenvalue weighted by Gasteiger charge is 2.08. The molecule has 0 unspecified atom stereocenters. The Morgan fingerprint density at radius 1 is 1.39 bits per heavy atom. The maximum atomic E-state index is 9.39. The van der Waals surface area contributed by atoms with Gasteiger partial charge in [0.2, 0.25) is 11.7 Å². The standard InChI is InChI=1S/C13H17N3O2/c1-9(2)14-7-6-12-15-13(16-18-12)10-4-3-5-11(17)8-10/h3-5,8-9,14,17H,6-7H2,1-2H3. The molecule has 1 aromatic heterocycles. The molecule has 0 aliphatic rings. The Kier molecular flexibility index (Phi) is 3.94. The summed E-state index contributed by atoms with van der Waals surface area (Å²) in [7, 11) is 0. The molecule has 2 rings (SSSR count). The van der Waals surface area contributed by atoms with Crippen molar-refractivity contribution in [2.45, 2.75) is 26.3 Å². The molecule has 1 heterocycles. The van der Waals surface area contributed by atoms with E-state index in [0.717, 1.165) is 12.1 Å². The number of nitrogens with zero attached hydrogens (tertiary/aromatic N) is 2. The molecule has 0 aliphatic carbocycles. The van der Waals surface area contributed by atoms with Crippen molar-refractivity contribution in [3.8, 4) is 17.1 Å². The third-order valence-corrected chi connectivity index (χ3v) is 2.46. The maximum Gasteiger partial charge on any atom is 0.228 e. The Hall–Kier alpha value is -1.88. The van der Waals surface area contributed by atoms with E-state index in [4.69, 9.17) is 4.52 Å². The van der Waals surface area contributed by atoms with Crippen molar-refractivity contribution >= 4 is 0 Å². The van der Waals surface area contributed by atoms with Crippen LogP contribution in [0.2, 0.25) is 0 Å². The minimum Gasteiger partial charge on any atom is -0.508 e. The van der Waals surface area contributed by atoms with Crippen LogP contribution >= 0.6 is 0 Å². The SMILES string of the molecule is CC(C)NCCc1nc(-c2cccc(O)c2)no1. The molecule has 0 saturated carbocycles. The highest BCUT2D eigenvalue weighted by molar-refractivity contribution is 5.56. The second-order valence-corrected chi connectivity index (χ2v) is 4.42. The zero-order valence-electron chi connectivity index (χ0n) is 10.6. The third-order valence-electron chi connectivity index (χ3n) is 2.46. The first-order chi connectivity index (χ1) is 8.65. The van der Waals surface area contributed by atoms with Gasteiger partial charge in [-0.15, -0.1) is 0 Å². The summed E-state index contributed by atoms with van der Waals surface area (Å²) in [6.45, 7) is 4.98. The van der Waals surface area contributed by atoms with Crippen LogP contribution in [0.3, 0.4) is 0 Å². The summed E-state index contributed by atoms with van der Waals surface area (Å²) >= 11 is 0. The molecular formula is C13H17N3O2. The van der Waals surface area contributed by atoms with E-state index in [-0.39, 0.29) is 5.75 Å². The number of phenolic OH excluding ortho intramolecular Hbond substituents is 1. The molecule has 0 spiro atoms. The lowest BCUT2D eigenvalue weighted by Crippen LogP contribution is -2.25. The largest absolute Gasteiger partial charge is 0.508 e. The summed E-state index contributed by atoms with van der Waals surface area (Å²) in [4.78, 5) is 4.29. The van der Waals surface area contributed by atoms with Gasteiger partial charge in [0.15, 0.2) is 0 Å². The molecule has 5 heteroatoms. The highest BCUT2D eigenvalue weighted by Crippen LogP contribution is 2.20. The average molecular weight is 247 g/mol. The quantitative estimate of drug-likeness (QED) is 0.845. The van der Waals surface area contributed by atoms with Crippen LogP contribution < -0.4 is 5.32 Å². The Labute approximate surface area is 106 Å². The zero-order valence-corrected chi connectivity index (χ0v) is 10.6. The molecule has 0 atom stereocenters. The number of hydrogen-bond donors (Lipinski definition) is 2. The molecule has 1 aromatic carbocycles. The Morgan fingerprint density at radius 2 is 2.22 bits per heavy atom. The van der Waals surface area contributed by atoms with E-state index < -0.39 is 0 Å².